The van der Waals surface area contributed by atoms with E-state index >= 15 is 0 Å². The Labute approximate surface area is 124 Å². The minimum absolute atomic E-state index is 0.0859. The molecule has 1 amide bonds. The van der Waals surface area contributed by atoms with Crippen molar-refractivity contribution in [2.45, 2.75) is 6.92 Å². The van der Waals surface area contributed by atoms with E-state index in [1.165, 1.54) is 6.26 Å². The Hall–Kier alpha value is -2.67. The molecule has 0 spiro atoms. The van der Waals surface area contributed by atoms with E-state index in [1.54, 1.807) is 13.0 Å². The van der Waals surface area contributed by atoms with E-state index < -0.39 is 5.91 Å². The molecule has 21 heavy (non-hydrogen) atoms. The maximum Gasteiger partial charge on any atom is 0.291 e. The number of hydrogen-bond donors (Lipinski definition) is 2. The Morgan fingerprint density at radius 2 is 2.05 bits per heavy atom. The van der Waals surface area contributed by atoms with Crippen LogP contribution in [0.1, 0.15) is 16.4 Å². The molecule has 0 radical (unpaired) electrons. The number of amides is 1. The van der Waals surface area contributed by atoms with Crippen molar-refractivity contribution in [1.29, 1.82) is 0 Å². The van der Waals surface area contributed by atoms with Gasteiger partial charge in [0, 0.05) is 12.3 Å². The second kappa shape index (κ2) is 5.37. The highest BCUT2D eigenvalue weighted by atomic mass is 35.5. The molecule has 0 bridgehead atoms. The zero-order chi connectivity index (χ0) is 14.8. The number of hydrogen-bond acceptors (Lipinski definition) is 6. The third-order valence-electron chi connectivity index (χ3n) is 2.72. The molecule has 2 aromatic heterocycles. The molecule has 7 nitrogen and oxygen atoms in total. The molecule has 0 aliphatic carbocycles. The molecule has 2 N–H and O–H groups in total. The first kappa shape index (κ1) is 13.3. The number of rotatable bonds is 3. The van der Waals surface area contributed by atoms with E-state index in [1.807, 2.05) is 18.2 Å². The normalized spacial score (nSPS) is 10.6. The van der Waals surface area contributed by atoms with Gasteiger partial charge in [0.15, 0.2) is 17.4 Å². The zero-order valence-electron chi connectivity index (χ0n) is 10.9. The molecule has 2 heterocycles. The summed E-state index contributed by atoms with van der Waals surface area (Å²) in [6.07, 6.45) is 1.28. The molecule has 8 heteroatoms. The second-order valence-corrected chi connectivity index (χ2v) is 4.53. The van der Waals surface area contributed by atoms with Gasteiger partial charge in [-0.05, 0) is 23.7 Å². The fraction of sp³-hybridized carbons (Fsp3) is 0.0769. The van der Waals surface area contributed by atoms with Gasteiger partial charge in [-0.15, -0.1) is 0 Å². The summed E-state index contributed by atoms with van der Waals surface area (Å²) in [7, 11) is 0. The average molecular weight is 304 g/mol. The van der Waals surface area contributed by atoms with E-state index in [0.717, 1.165) is 5.39 Å². The maximum atomic E-state index is 11.9. The van der Waals surface area contributed by atoms with Crippen molar-refractivity contribution in [1.82, 2.24) is 20.4 Å². The third kappa shape index (κ3) is 2.77. The SMILES string of the molecule is Cc1nc(C(=O)NNc2nc(Cl)nc3ccccc23)co1. The Kier molecular flexibility index (Phi) is 3.41. The number of fused-ring (bicyclic) bond motifs is 1. The summed E-state index contributed by atoms with van der Waals surface area (Å²) >= 11 is 5.86. The topological polar surface area (TPSA) is 92.9 Å². The van der Waals surface area contributed by atoms with Crippen LogP contribution in [0.25, 0.3) is 10.9 Å². The first-order chi connectivity index (χ1) is 10.1. The molecule has 106 valence electrons. The van der Waals surface area contributed by atoms with Crippen LogP contribution in [-0.4, -0.2) is 20.9 Å². The van der Waals surface area contributed by atoms with Crippen LogP contribution >= 0.6 is 11.6 Å². The zero-order valence-corrected chi connectivity index (χ0v) is 11.7. The van der Waals surface area contributed by atoms with E-state index in [-0.39, 0.29) is 11.0 Å². The lowest BCUT2D eigenvalue weighted by Crippen LogP contribution is -2.30. The number of aromatic nitrogens is 3. The monoisotopic (exact) mass is 303 g/mol. The molecule has 3 rings (SSSR count). The number of nitrogens with zero attached hydrogens (tertiary/aromatic N) is 3. The van der Waals surface area contributed by atoms with Crippen LogP contribution in [0.2, 0.25) is 5.28 Å². The van der Waals surface area contributed by atoms with E-state index in [4.69, 9.17) is 16.0 Å². The number of oxazole rings is 1. The number of nitrogens with one attached hydrogen (secondary N) is 2. The quantitative estimate of drug-likeness (QED) is 0.570. The van der Waals surface area contributed by atoms with Gasteiger partial charge in [0.05, 0.1) is 5.52 Å². The van der Waals surface area contributed by atoms with E-state index in [2.05, 4.69) is 25.8 Å². The van der Waals surface area contributed by atoms with Gasteiger partial charge >= 0.3 is 0 Å². The largest absolute Gasteiger partial charge is 0.448 e. The van der Waals surface area contributed by atoms with Crippen LogP contribution in [0.5, 0.6) is 0 Å². The van der Waals surface area contributed by atoms with Crippen LogP contribution < -0.4 is 10.9 Å². The van der Waals surface area contributed by atoms with Gasteiger partial charge in [0.25, 0.3) is 5.91 Å². The number of aryl methyl sites for hydroxylation is 1. The van der Waals surface area contributed by atoms with E-state index in [9.17, 15) is 4.79 Å². The maximum absolute atomic E-state index is 11.9. The molecule has 0 fully saturated rings. The van der Waals surface area contributed by atoms with Crippen molar-refractivity contribution in [2.75, 3.05) is 5.43 Å². The highest BCUT2D eigenvalue weighted by Crippen LogP contribution is 2.21. The number of carbonyl (C=O) groups excluding carboxylic acids is 1. The molecule has 0 saturated carbocycles. The molecular weight excluding hydrogens is 294 g/mol. The fourth-order valence-electron chi connectivity index (χ4n) is 1.79. The summed E-state index contributed by atoms with van der Waals surface area (Å²) in [5.41, 5.74) is 6.05. The minimum atomic E-state index is -0.439. The molecular formula is C13H10ClN5O2. The van der Waals surface area contributed by atoms with Crippen molar-refractivity contribution in [3.8, 4) is 0 Å². The summed E-state index contributed by atoms with van der Waals surface area (Å²) in [5, 5.41) is 0.821. The smallest absolute Gasteiger partial charge is 0.291 e. The summed E-state index contributed by atoms with van der Waals surface area (Å²) < 4.78 is 4.98. The molecule has 0 aliphatic heterocycles. The van der Waals surface area contributed by atoms with Gasteiger partial charge in [-0.25, -0.2) is 9.97 Å². The van der Waals surface area contributed by atoms with Crippen LogP contribution in [0, 0.1) is 6.92 Å². The van der Waals surface area contributed by atoms with Crippen LogP contribution in [0.4, 0.5) is 5.82 Å². The lowest BCUT2D eigenvalue weighted by atomic mass is 10.2. The van der Waals surface area contributed by atoms with Gasteiger partial charge in [0.1, 0.15) is 6.26 Å². The standard InChI is InChI=1S/C13H10ClN5O2/c1-7-15-10(6-21-7)12(20)19-18-11-8-4-2-3-5-9(8)16-13(14)17-11/h2-6H,1H3,(H,19,20)(H,16,17,18). The summed E-state index contributed by atoms with van der Waals surface area (Å²) in [6, 6.07) is 7.30. The first-order valence-electron chi connectivity index (χ1n) is 6.04. The number of anilines is 1. The summed E-state index contributed by atoms with van der Waals surface area (Å²) in [6.45, 7) is 1.65. The molecule has 3 aromatic rings. The second-order valence-electron chi connectivity index (χ2n) is 4.19. The van der Waals surface area contributed by atoms with E-state index in [0.29, 0.717) is 17.2 Å². The van der Waals surface area contributed by atoms with Gasteiger partial charge in [-0.2, -0.15) is 4.98 Å². The number of hydrazine groups is 1. The van der Waals surface area contributed by atoms with Crippen LogP contribution in [0.15, 0.2) is 34.9 Å². The number of carbonyl (C=O) groups is 1. The van der Waals surface area contributed by atoms with Gasteiger partial charge < -0.3 is 4.42 Å². The van der Waals surface area contributed by atoms with Crippen molar-refractivity contribution in [2.24, 2.45) is 0 Å². The predicted octanol–water partition coefficient (Wildman–Crippen LogP) is 2.34. The summed E-state index contributed by atoms with van der Waals surface area (Å²) in [5.74, 6) is 0.375. The Morgan fingerprint density at radius 3 is 2.81 bits per heavy atom. The Balaban J connectivity index is 1.83. The van der Waals surface area contributed by atoms with Crippen LogP contribution in [0.3, 0.4) is 0 Å². The number of para-hydroxylation sites is 1. The molecule has 0 saturated heterocycles. The van der Waals surface area contributed by atoms with Crippen LogP contribution in [-0.2, 0) is 0 Å². The van der Waals surface area contributed by atoms with Crippen molar-refractivity contribution in [3.63, 3.8) is 0 Å². The highest BCUT2D eigenvalue weighted by molar-refractivity contribution is 6.28. The molecule has 0 unspecified atom stereocenters. The predicted molar refractivity (Wildman–Crippen MR) is 76.9 cm³/mol. The summed E-state index contributed by atoms with van der Waals surface area (Å²) in [4.78, 5) is 24.0. The van der Waals surface area contributed by atoms with Gasteiger partial charge in [-0.1, -0.05) is 12.1 Å². The number of benzene rings is 1. The van der Waals surface area contributed by atoms with Crippen molar-refractivity contribution < 1.29 is 9.21 Å². The average Bonchev–Trinajstić information content (AvgIpc) is 2.91. The molecule has 0 aliphatic rings. The molecule has 0 atom stereocenters. The van der Waals surface area contributed by atoms with Gasteiger partial charge in [0.2, 0.25) is 5.28 Å². The lowest BCUT2D eigenvalue weighted by Gasteiger charge is -2.09. The van der Waals surface area contributed by atoms with Gasteiger partial charge in [-0.3, -0.25) is 15.6 Å². The fourth-order valence-corrected chi connectivity index (χ4v) is 1.97. The first-order valence-corrected chi connectivity index (χ1v) is 6.42. The third-order valence-corrected chi connectivity index (χ3v) is 2.89. The number of halogens is 1. The van der Waals surface area contributed by atoms with Crippen molar-refractivity contribution >= 4 is 34.2 Å². The lowest BCUT2D eigenvalue weighted by molar-refractivity contribution is 0.0957. The Bertz CT molecular complexity index is 817. The van der Waals surface area contributed by atoms with Crippen molar-refractivity contribution in [3.05, 3.63) is 47.4 Å². The highest BCUT2D eigenvalue weighted by Gasteiger charge is 2.11. The minimum Gasteiger partial charge on any atom is -0.448 e. The Morgan fingerprint density at radius 1 is 1.24 bits per heavy atom. The molecule has 1 aromatic carbocycles.